The number of benzene rings is 2. The van der Waals surface area contributed by atoms with Gasteiger partial charge >= 0.3 is 0 Å². The monoisotopic (exact) mass is 571 g/mol. The van der Waals surface area contributed by atoms with Crippen molar-refractivity contribution in [2.24, 2.45) is 0 Å². The molecule has 1 aliphatic rings. The number of amides is 2. The number of Topliss-reactive ketones (excluding diaryl/α,β-unsaturated/α-hetero) is 1. The van der Waals surface area contributed by atoms with E-state index in [2.05, 4.69) is 20.6 Å². The molecule has 2 atom stereocenters. The zero-order chi connectivity index (χ0) is 28.8. The first-order valence-corrected chi connectivity index (χ1v) is 14.7. The number of aromatic nitrogens is 2. The van der Waals surface area contributed by atoms with Crippen LogP contribution in [0.5, 0.6) is 0 Å². The predicted octanol–water partition coefficient (Wildman–Crippen LogP) is 2.51. The van der Waals surface area contributed by atoms with Gasteiger partial charge in [0.25, 0.3) is 15.9 Å². The van der Waals surface area contributed by atoms with Crippen LogP contribution < -0.4 is 10.6 Å². The van der Waals surface area contributed by atoms with Gasteiger partial charge < -0.3 is 10.6 Å². The molecule has 2 amide bonds. The number of nitrogens with zero attached hydrogens (tertiary/aromatic N) is 3. The van der Waals surface area contributed by atoms with Gasteiger partial charge in [0.05, 0.1) is 18.1 Å². The second kappa shape index (κ2) is 12.4. The number of ketones is 1. The zero-order valence-corrected chi connectivity index (χ0v) is 23.0. The van der Waals surface area contributed by atoms with Crippen LogP contribution in [0.1, 0.15) is 28.8 Å². The number of hydrogen-bond acceptors (Lipinski definition) is 7. The Morgan fingerprint density at radius 3 is 2.51 bits per heavy atom. The third-order valence-electron chi connectivity index (χ3n) is 6.95. The van der Waals surface area contributed by atoms with Crippen LogP contribution in [0.4, 0.5) is 0 Å². The Hall–Kier alpha value is -4.48. The molecule has 1 saturated heterocycles. The summed E-state index contributed by atoms with van der Waals surface area (Å²) in [6.07, 6.45) is 3.89. The molecular formula is C30H29N5O5S. The van der Waals surface area contributed by atoms with E-state index in [-0.39, 0.29) is 31.0 Å². The molecule has 1 unspecified atom stereocenters. The fourth-order valence-electron chi connectivity index (χ4n) is 4.78. The van der Waals surface area contributed by atoms with Crippen molar-refractivity contribution in [2.75, 3.05) is 13.1 Å². The minimum absolute atomic E-state index is 0.123. The Bertz CT molecular complexity index is 1660. The maximum Gasteiger partial charge on any atom is 0.260 e. The highest BCUT2D eigenvalue weighted by Gasteiger charge is 2.34. The lowest BCUT2D eigenvalue weighted by atomic mass is 10.0. The molecule has 210 valence electrons. The van der Waals surface area contributed by atoms with E-state index in [1.807, 2.05) is 36.4 Å². The Labute approximate surface area is 237 Å². The van der Waals surface area contributed by atoms with E-state index in [1.54, 1.807) is 42.6 Å². The molecule has 3 heterocycles. The standard InChI is InChI=1S/C30H29N5O5S/c36-27-20-35(41(39,40)28-12-4-5-15-32-28)17-7-11-25(27)33-30(38)26(18-21-8-2-1-3-9-21)34-29(37)23-13-14-24-22(19-23)10-6-16-31-24/h1-6,8-10,12-16,19,25-26H,7,11,17-18,20H2,(H,33,38)(H,34,37)/t25-,26?/m0/s1. The van der Waals surface area contributed by atoms with Crippen molar-refractivity contribution >= 4 is 38.5 Å². The SMILES string of the molecule is O=C(NC(Cc1ccccc1)C(=O)N[C@H]1CCCN(S(=O)(=O)c2ccccn2)CC1=O)c1ccc2ncccc2c1. The summed E-state index contributed by atoms with van der Waals surface area (Å²) < 4.78 is 27.2. The second-order valence-electron chi connectivity index (χ2n) is 9.80. The van der Waals surface area contributed by atoms with Crippen molar-refractivity contribution in [3.63, 3.8) is 0 Å². The second-order valence-corrected chi connectivity index (χ2v) is 11.7. The topological polar surface area (TPSA) is 138 Å². The van der Waals surface area contributed by atoms with Crippen LogP contribution in [-0.4, -0.2) is 65.5 Å². The summed E-state index contributed by atoms with van der Waals surface area (Å²) in [7, 11) is -3.96. The van der Waals surface area contributed by atoms with E-state index in [9.17, 15) is 22.8 Å². The van der Waals surface area contributed by atoms with Gasteiger partial charge in [-0.15, -0.1) is 0 Å². The summed E-state index contributed by atoms with van der Waals surface area (Å²) in [6.45, 7) is -0.261. The number of carbonyl (C=O) groups is 3. The van der Waals surface area contributed by atoms with E-state index in [1.165, 1.54) is 12.3 Å². The maximum atomic E-state index is 13.5. The van der Waals surface area contributed by atoms with Crippen molar-refractivity contribution in [3.8, 4) is 0 Å². The summed E-state index contributed by atoms with van der Waals surface area (Å²) in [4.78, 5) is 48.1. The number of rotatable bonds is 8. The highest BCUT2D eigenvalue weighted by atomic mass is 32.2. The van der Waals surface area contributed by atoms with Gasteiger partial charge in [-0.25, -0.2) is 13.4 Å². The number of carbonyl (C=O) groups excluding carboxylic acids is 3. The Kier molecular flexibility index (Phi) is 8.46. The highest BCUT2D eigenvalue weighted by molar-refractivity contribution is 7.89. The third kappa shape index (κ3) is 6.64. The quantitative estimate of drug-likeness (QED) is 0.331. The first kappa shape index (κ1) is 28.1. The first-order valence-electron chi connectivity index (χ1n) is 13.2. The Morgan fingerprint density at radius 2 is 1.73 bits per heavy atom. The van der Waals surface area contributed by atoms with E-state index in [0.29, 0.717) is 12.0 Å². The van der Waals surface area contributed by atoms with Gasteiger partial charge in [0.1, 0.15) is 6.04 Å². The van der Waals surface area contributed by atoms with Crippen LogP contribution >= 0.6 is 0 Å². The number of nitrogens with one attached hydrogen (secondary N) is 2. The van der Waals surface area contributed by atoms with Crippen molar-refractivity contribution in [2.45, 2.75) is 36.4 Å². The van der Waals surface area contributed by atoms with Crippen LogP contribution in [0.25, 0.3) is 10.9 Å². The molecule has 41 heavy (non-hydrogen) atoms. The Morgan fingerprint density at radius 1 is 0.951 bits per heavy atom. The third-order valence-corrected chi connectivity index (χ3v) is 8.71. The average molecular weight is 572 g/mol. The molecule has 1 aliphatic heterocycles. The van der Waals surface area contributed by atoms with Gasteiger partial charge in [-0.2, -0.15) is 4.31 Å². The first-order chi connectivity index (χ1) is 19.8. The van der Waals surface area contributed by atoms with Crippen LogP contribution in [-0.2, 0) is 26.0 Å². The van der Waals surface area contributed by atoms with Crippen molar-refractivity contribution < 1.29 is 22.8 Å². The largest absolute Gasteiger partial charge is 0.344 e. The fraction of sp³-hybridized carbons (Fsp3) is 0.233. The predicted molar refractivity (Wildman–Crippen MR) is 152 cm³/mol. The lowest BCUT2D eigenvalue weighted by Gasteiger charge is -2.23. The Balaban J connectivity index is 1.31. The minimum atomic E-state index is -3.96. The van der Waals surface area contributed by atoms with Gasteiger partial charge in [0.15, 0.2) is 10.8 Å². The molecule has 0 bridgehead atoms. The molecule has 0 spiro atoms. The minimum Gasteiger partial charge on any atom is -0.344 e. The van der Waals surface area contributed by atoms with Crippen molar-refractivity contribution in [3.05, 3.63) is 102 Å². The maximum absolute atomic E-state index is 13.5. The molecule has 0 saturated carbocycles. The van der Waals surface area contributed by atoms with Crippen LogP contribution in [0.2, 0.25) is 0 Å². The fourth-order valence-corrected chi connectivity index (χ4v) is 6.15. The number of fused-ring (bicyclic) bond motifs is 1. The van der Waals surface area contributed by atoms with Gasteiger partial charge in [-0.1, -0.05) is 42.5 Å². The van der Waals surface area contributed by atoms with Gasteiger partial charge in [-0.05, 0) is 54.8 Å². The molecule has 2 aromatic carbocycles. The van der Waals surface area contributed by atoms with E-state index in [0.717, 1.165) is 20.8 Å². The van der Waals surface area contributed by atoms with E-state index < -0.39 is 39.7 Å². The van der Waals surface area contributed by atoms with Gasteiger partial charge in [0, 0.05) is 36.3 Å². The molecule has 5 rings (SSSR count). The van der Waals surface area contributed by atoms with E-state index in [4.69, 9.17) is 0 Å². The summed E-state index contributed by atoms with van der Waals surface area (Å²) >= 11 is 0. The van der Waals surface area contributed by atoms with E-state index >= 15 is 0 Å². The molecule has 0 aliphatic carbocycles. The summed E-state index contributed by atoms with van der Waals surface area (Å²) in [5.41, 5.74) is 1.95. The van der Waals surface area contributed by atoms with Crippen LogP contribution in [0.3, 0.4) is 0 Å². The van der Waals surface area contributed by atoms with Crippen molar-refractivity contribution in [1.29, 1.82) is 0 Å². The van der Waals surface area contributed by atoms with Gasteiger partial charge in [0.2, 0.25) is 5.91 Å². The number of hydrogen-bond donors (Lipinski definition) is 2. The smallest absolute Gasteiger partial charge is 0.260 e. The lowest BCUT2D eigenvalue weighted by molar-refractivity contribution is -0.128. The molecule has 1 fully saturated rings. The van der Waals surface area contributed by atoms with Crippen molar-refractivity contribution in [1.82, 2.24) is 24.9 Å². The molecule has 2 N–H and O–H groups in total. The summed E-state index contributed by atoms with van der Waals surface area (Å²) in [5, 5.41) is 6.26. The summed E-state index contributed by atoms with van der Waals surface area (Å²) in [5.74, 6) is -1.39. The molecule has 0 radical (unpaired) electrons. The highest BCUT2D eigenvalue weighted by Crippen LogP contribution is 2.18. The molecule has 11 heteroatoms. The average Bonchev–Trinajstić information content (AvgIpc) is 3.18. The van der Waals surface area contributed by atoms with Crippen LogP contribution in [0, 0.1) is 0 Å². The molecule has 10 nitrogen and oxygen atoms in total. The summed E-state index contributed by atoms with van der Waals surface area (Å²) in [6, 6.07) is 20.7. The van der Waals surface area contributed by atoms with Gasteiger partial charge in [-0.3, -0.25) is 19.4 Å². The molecular weight excluding hydrogens is 542 g/mol. The normalized spacial score (nSPS) is 17.0. The lowest BCUT2D eigenvalue weighted by Crippen LogP contribution is -2.53. The zero-order valence-electron chi connectivity index (χ0n) is 22.1. The molecule has 4 aromatic rings. The number of pyridine rings is 2. The number of sulfonamides is 1. The van der Waals surface area contributed by atoms with Crippen LogP contribution in [0.15, 0.2) is 96.3 Å². The molecule has 2 aromatic heterocycles.